The minimum atomic E-state index is -0.773. The molecular weight excluding hydrogens is 230 g/mol. The number of terminal acetylenes is 1. The molecule has 1 amide bonds. The van der Waals surface area contributed by atoms with Crippen LogP contribution in [0.15, 0.2) is 23.8 Å². The average Bonchev–Trinajstić information content (AvgIpc) is 2.34. The zero-order valence-corrected chi connectivity index (χ0v) is 10.2. The lowest BCUT2D eigenvalue weighted by Gasteiger charge is -2.06. The van der Waals surface area contributed by atoms with E-state index in [1.807, 2.05) is 0 Å². The van der Waals surface area contributed by atoms with Crippen LogP contribution in [0.3, 0.4) is 0 Å². The van der Waals surface area contributed by atoms with Gasteiger partial charge in [0, 0.05) is 11.1 Å². The quantitative estimate of drug-likeness (QED) is 0.373. The maximum Gasteiger partial charge on any atom is 0.252 e. The summed E-state index contributed by atoms with van der Waals surface area (Å²) in [6.07, 6.45) is 6.66. The monoisotopic (exact) mass is 243 g/mol. The fourth-order valence-electron chi connectivity index (χ4n) is 1.42. The van der Waals surface area contributed by atoms with Crippen LogP contribution in [0.2, 0.25) is 0 Å². The number of hydrogen-bond acceptors (Lipinski definition) is 3. The molecule has 1 aromatic rings. The normalized spacial score (nSPS) is 10.6. The molecule has 18 heavy (non-hydrogen) atoms. The van der Waals surface area contributed by atoms with E-state index in [0.29, 0.717) is 16.9 Å². The number of carbonyl (C=O) groups excluding carboxylic acids is 2. The molecule has 1 aromatic carbocycles. The van der Waals surface area contributed by atoms with E-state index in [1.54, 1.807) is 18.2 Å². The second-order valence-electron chi connectivity index (χ2n) is 3.58. The minimum absolute atomic E-state index is 0.0817. The zero-order valence-electron chi connectivity index (χ0n) is 10.2. The average molecular weight is 243 g/mol. The Hall–Kier alpha value is -2.54. The van der Waals surface area contributed by atoms with E-state index in [1.165, 1.54) is 20.1 Å². The Bertz CT molecular complexity index is 549. The SMILES string of the molecule is C#Cc1ccc(/C=C(/C(C)=O)C(N)=O)c(OC)c1. The van der Waals surface area contributed by atoms with Crippen LogP contribution in [-0.4, -0.2) is 18.8 Å². The molecule has 0 heterocycles. The van der Waals surface area contributed by atoms with Gasteiger partial charge >= 0.3 is 0 Å². The molecule has 0 aromatic heterocycles. The molecule has 2 N–H and O–H groups in total. The van der Waals surface area contributed by atoms with E-state index in [9.17, 15) is 9.59 Å². The number of primary amides is 1. The molecule has 0 spiro atoms. The summed E-state index contributed by atoms with van der Waals surface area (Å²) in [5.41, 5.74) is 6.27. The minimum Gasteiger partial charge on any atom is -0.496 e. The first-order chi connectivity index (χ1) is 8.49. The van der Waals surface area contributed by atoms with Crippen LogP contribution in [0.4, 0.5) is 0 Å². The number of methoxy groups -OCH3 is 1. The summed E-state index contributed by atoms with van der Waals surface area (Å²) in [7, 11) is 1.48. The van der Waals surface area contributed by atoms with Crippen LogP contribution in [0.5, 0.6) is 5.75 Å². The van der Waals surface area contributed by atoms with E-state index in [0.717, 1.165) is 0 Å². The van der Waals surface area contributed by atoms with E-state index >= 15 is 0 Å². The van der Waals surface area contributed by atoms with Gasteiger partial charge in [0.25, 0.3) is 5.91 Å². The molecule has 0 unspecified atom stereocenters. The molecule has 4 heteroatoms. The smallest absolute Gasteiger partial charge is 0.252 e. The Morgan fingerprint density at radius 2 is 2.11 bits per heavy atom. The number of carbonyl (C=O) groups is 2. The highest BCUT2D eigenvalue weighted by Gasteiger charge is 2.12. The molecular formula is C14H13NO3. The summed E-state index contributed by atoms with van der Waals surface area (Å²) in [5.74, 6) is 1.78. The number of ether oxygens (including phenoxy) is 1. The van der Waals surface area contributed by atoms with Gasteiger partial charge in [0.2, 0.25) is 0 Å². The van der Waals surface area contributed by atoms with Crippen LogP contribution in [0.25, 0.3) is 6.08 Å². The van der Waals surface area contributed by atoms with Crippen molar-refractivity contribution in [3.8, 4) is 18.1 Å². The largest absolute Gasteiger partial charge is 0.496 e. The highest BCUT2D eigenvalue weighted by atomic mass is 16.5. The molecule has 0 atom stereocenters. The molecule has 0 aliphatic carbocycles. The molecule has 0 fully saturated rings. The van der Waals surface area contributed by atoms with Gasteiger partial charge in [0.1, 0.15) is 5.75 Å². The number of nitrogens with two attached hydrogens (primary N) is 1. The Labute approximate surface area is 105 Å². The zero-order chi connectivity index (χ0) is 13.7. The lowest BCUT2D eigenvalue weighted by molar-refractivity contribution is -0.119. The molecule has 0 saturated carbocycles. The van der Waals surface area contributed by atoms with Crippen molar-refractivity contribution in [3.05, 3.63) is 34.9 Å². The van der Waals surface area contributed by atoms with Crippen molar-refractivity contribution in [2.75, 3.05) is 7.11 Å². The molecule has 0 bridgehead atoms. The molecule has 92 valence electrons. The lowest BCUT2D eigenvalue weighted by Crippen LogP contribution is -2.18. The standard InChI is InChI=1S/C14H13NO3/c1-4-10-5-6-11(13(7-10)18-3)8-12(9(2)16)14(15)17/h1,5-8H,2-3H3,(H2,15,17)/b12-8-. The highest BCUT2D eigenvalue weighted by molar-refractivity contribution is 6.21. The third-order valence-electron chi connectivity index (χ3n) is 2.34. The van der Waals surface area contributed by atoms with Gasteiger partial charge in [-0.3, -0.25) is 9.59 Å². The van der Waals surface area contributed by atoms with Gasteiger partial charge in [-0.1, -0.05) is 5.92 Å². The van der Waals surface area contributed by atoms with Crippen LogP contribution >= 0.6 is 0 Å². The molecule has 1 rings (SSSR count). The van der Waals surface area contributed by atoms with Crippen molar-refractivity contribution in [2.24, 2.45) is 5.73 Å². The van der Waals surface area contributed by atoms with Gasteiger partial charge in [-0.2, -0.15) is 0 Å². The van der Waals surface area contributed by atoms with Gasteiger partial charge in [-0.05, 0) is 31.2 Å². The fraction of sp³-hybridized carbons (Fsp3) is 0.143. The number of ketones is 1. The first-order valence-electron chi connectivity index (χ1n) is 5.16. The van der Waals surface area contributed by atoms with Crippen LogP contribution in [0, 0.1) is 12.3 Å². The van der Waals surface area contributed by atoms with Gasteiger partial charge in [-0.25, -0.2) is 0 Å². The third-order valence-corrected chi connectivity index (χ3v) is 2.34. The predicted molar refractivity (Wildman–Crippen MR) is 68.8 cm³/mol. The predicted octanol–water partition coefficient (Wildman–Crippen LogP) is 1.13. The van der Waals surface area contributed by atoms with Gasteiger partial charge < -0.3 is 10.5 Å². The van der Waals surface area contributed by atoms with Crippen molar-refractivity contribution in [1.82, 2.24) is 0 Å². The molecule has 0 saturated heterocycles. The summed E-state index contributed by atoms with van der Waals surface area (Å²) in [6.45, 7) is 1.28. The number of hydrogen-bond donors (Lipinski definition) is 1. The Balaban J connectivity index is 3.33. The first kappa shape index (κ1) is 13.5. The van der Waals surface area contributed by atoms with Gasteiger partial charge in [0.05, 0.1) is 12.7 Å². The Morgan fingerprint density at radius 1 is 1.44 bits per heavy atom. The molecule has 0 aliphatic rings. The second kappa shape index (κ2) is 5.69. The molecule has 4 nitrogen and oxygen atoms in total. The number of amides is 1. The summed E-state index contributed by atoms with van der Waals surface area (Å²) >= 11 is 0. The number of rotatable bonds is 4. The lowest BCUT2D eigenvalue weighted by atomic mass is 10.0. The number of Topliss-reactive ketones (excluding diaryl/α,β-unsaturated/α-hetero) is 1. The van der Waals surface area contributed by atoms with E-state index in [-0.39, 0.29) is 5.57 Å². The van der Waals surface area contributed by atoms with Crippen molar-refractivity contribution in [3.63, 3.8) is 0 Å². The van der Waals surface area contributed by atoms with Crippen molar-refractivity contribution < 1.29 is 14.3 Å². The van der Waals surface area contributed by atoms with Crippen LogP contribution in [0.1, 0.15) is 18.1 Å². The summed E-state index contributed by atoms with van der Waals surface area (Å²) in [5, 5.41) is 0. The van der Waals surface area contributed by atoms with Gasteiger partial charge in [0.15, 0.2) is 5.78 Å². The first-order valence-corrected chi connectivity index (χ1v) is 5.16. The van der Waals surface area contributed by atoms with Crippen molar-refractivity contribution in [2.45, 2.75) is 6.92 Å². The number of benzene rings is 1. The Morgan fingerprint density at radius 3 is 2.56 bits per heavy atom. The maximum absolute atomic E-state index is 11.3. The van der Waals surface area contributed by atoms with E-state index < -0.39 is 11.7 Å². The molecule has 0 radical (unpaired) electrons. The van der Waals surface area contributed by atoms with Crippen molar-refractivity contribution >= 4 is 17.8 Å². The Kier molecular flexibility index (Phi) is 4.27. The summed E-state index contributed by atoms with van der Waals surface area (Å²) in [4.78, 5) is 22.4. The summed E-state index contributed by atoms with van der Waals surface area (Å²) in [6, 6.07) is 5.00. The third kappa shape index (κ3) is 2.98. The summed E-state index contributed by atoms with van der Waals surface area (Å²) < 4.78 is 5.14. The van der Waals surface area contributed by atoms with Crippen molar-refractivity contribution in [1.29, 1.82) is 0 Å². The molecule has 0 aliphatic heterocycles. The van der Waals surface area contributed by atoms with Gasteiger partial charge in [-0.15, -0.1) is 6.42 Å². The topological polar surface area (TPSA) is 69.4 Å². The van der Waals surface area contributed by atoms with E-state index in [4.69, 9.17) is 16.9 Å². The highest BCUT2D eigenvalue weighted by Crippen LogP contribution is 2.22. The van der Waals surface area contributed by atoms with Crippen LogP contribution < -0.4 is 10.5 Å². The van der Waals surface area contributed by atoms with E-state index in [2.05, 4.69) is 5.92 Å². The second-order valence-corrected chi connectivity index (χ2v) is 3.58. The maximum atomic E-state index is 11.3. The fourth-order valence-corrected chi connectivity index (χ4v) is 1.42. The van der Waals surface area contributed by atoms with Crippen LogP contribution in [-0.2, 0) is 9.59 Å².